The van der Waals surface area contributed by atoms with E-state index in [9.17, 15) is 4.79 Å². The Morgan fingerprint density at radius 2 is 1.81 bits per heavy atom. The number of rotatable bonds is 2. The van der Waals surface area contributed by atoms with Crippen LogP contribution in [0.5, 0.6) is 0 Å². The number of likely N-dealkylation sites (tertiary alicyclic amines) is 2. The molecule has 3 heteroatoms. The zero-order chi connectivity index (χ0) is 14.7. The summed E-state index contributed by atoms with van der Waals surface area (Å²) in [6.45, 7) is 4.03. The predicted octanol–water partition coefficient (Wildman–Crippen LogP) is 2.66. The van der Waals surface area contributed by atoms with Gasteiger partial charge in [0.05, 0.1) is 0 Å². The topological polar surface area (TPSA) is 23.6 Å². The van der Waals surface area contributed by atoms with Crippen LogP contribution in [-0.4, -0.2) is 48.9 Å². The lowest BCUT2D eigenvalue weighted by Gasteiger charge is -2.37. The van der Waals surface area contributed by atoms with Crippen LogP contribution in [0.1, 0.15) is 32.1 Å². The summed E-state index contributed by atoms with van der Waals surface area (Å²) in [5, 5.41) is 0. The summed E-state index contributed by atoms with van der Waals surface area (Å²) in [4.78, 5) is 17.1. The van der Waals surface area contributed by atoms with Crippen LogP contribution in [0.25, 0.3) is 0 Å². The molecular formula is C18H27N2O. The summed E-state index contributed by atoms with van der Waals surface area (Å²) >= 11 is 0. The number of carbonyl (C=O) groups excluding carboxylic acids is 1. The third-order valence-electron chi connectivity index (χ3n) is 5.24. The molecule has 2 saturated heterocycles. The number of amides is 1. The fourth-order valence-corrected chi connectivity index (χ4v) is 3.76. The molecule has 21 heavy (non-hydrogen) atoms. The summed E-state index contributed by atoms with van der Waals surface area (Å²) < 4.78 is 0. The van der Waals surface area contributed by atoms with E-state index in [1.54, 1.807) is 0 Å². The highest BCUT2D eigenvalue weighted by Crippen LogP contribution is 2.29. The zero-order valence-electron chi connectivity index (χ0n) is 13.1. The van der Waals surface area contributed by atoms with E-state index in [-0.39, 0.29) is 5.92 Å². The van der Waals surface area contributed by atoms with Crippen LogP contribution in [0.3, 0.4) is 0 Å². The average Bonchev–Trinajstić information content (AvgIpc) is 2.56. The maximum atomic E-state index is 12.6. The van der Waals surface area contributed by atoms with Gasteiger partial charge in [-0.2, -0.15) is 0 Å². The lowest BCUT2D eigenvalue weighted by atomic mass is 9.85. The van der Waals surface area contributed by atoms with Crippen molar-refractivity contribution in [2.45, 2.75) is 32.1 Å². The van der Waals surface area contributed by atoms with Crippen LogP contribution in [0.15, 0.2) is 23.8 Å². The minimum atomic E-state index is 0.278. The van der Waals surface area contributed by atoms with Gasteiger partial charge in [0, 0.05) is 19.0 Å². The monoisotopic (exact) mass is 287 g/mol. The van der Waals surface area contributed by atoms with Gasteiger partial charge in [-0.15, -0.1) is 0 Å². The second-order valence-corrected chi connectivity index (χ2v) is 6.72. The second-order valence-electron chi connectivity index (χ2n) is 6.72. The van der Waals surface area contributed by atoms with Gasteiger partial charge in [-0.3, -0.25) is 4.79 Å². The lowest BCUT2D eigenvalue weighted by molar-refractivity contribution is -0.138. The number of carbonyl (C=O) groups is 1. The van der Waals surface area contributed by atoms with Crippen LogP contribution in [0.4, 0.5) is 0 Å². The summed E-state index contributed by atoms with van der Waals surface area (Å²) in [7, 11) is 2.15. The van der Waals surface area contributed by atoms with Crippen molar-refractivity contribution in [1.29, 1.82) is 0 Å². The molecule has 2 fully saturated rings. The molecule has 0 bridgehead atoms. The van der Waals surface area contributed by atoms with Crippen molar-refractivity contribution >= 4 is 5.91 Å². The van der Waals surface area contributed by atoms with Gasteiger partial charge in [0.25, 0.3) is 0 Å². The molecule has 0 aromatic rings. The van der Waals surface area contributed by atoms with Gasteiger partial charge < -0.3 is 9.80 Å². The maximum Gasteiger partial charge on any atom is 0.225 e. The highest BCUT2D eigenvalue weighted by Gasteiger charge is 2.30. The quantitative estimate of drug-likeness (QED) is 0.779. The van der Waals surface area contributed by atoms with Crippen molar-refractivity contribution in [3.63, 3.8) is 0 Å². The Morgan fingerprint density at radius 1 is 1.10 bits per heavy atom. The Morgan fingerprint density at radius 3 is 2.43 bits per heavy atom. The first-order chi connectivity index (χ1) is 10.2. The Kier molecular flexibility index (Phi) is 4.79. The molecular weight excluding hydrogens is 260 g/mol. The second kappa shape index (κ2) is 6.78. The van der Waals surface area contributed by atoms with Crippen molar-refractivity contribution in [1.82, 2.24) is 9.80 Å². The molecule has 1 radical (unpaired) electrons. The molecule has 1 aliphatic carbocycles. The molecule has 3 rings (SSSR count). The Balaban J connectivity index is 1.50. The molecule has 1 amide bonds. The minimum absolute atomic E-state index is 0.278. The molecule has 0 saturated carbocycles. The van der Waals surface area contributed by atoms with E-state index in [2.05, 4.69) is 41.5 Å². The fourth-order valence-electron chi connectivity index (χ4n) is 3.76. The third-order valence-corrected chi connectivity index (χ3v) is 5.24. The summed E-state index contributed by atoms with van der Waals surface area (Å²) in [5.74, 6) is 1.35. The third kappa shape index (κ3) is 3.57. The molecule has 2 aliphatic heterocycles. The molecule has 115 valence electrons. The molecule has 0 aromatic heterocycles. The summed E-state index contributed by atoms with van der Waals surface area (Å²) in [6, 6.07) is 0. The van der Waals surface area contributed by atoms with E-state index in [4.69, 9.17) is 0 Å². The first kappa shape index (κ1) is 14.8. The average molecular weight is 287 g/mol. The minimum Gasteiger partial charge on any atom is -0.342 e. The van der Waals surface area contributed by atoms with E-state index >= 15 is 0 Å². The van der Waals surface area contributed by atoms with Gasteiger partial charge >= 0.3 is 0 Å². The molecule has 0 aromatic carbocycles. The summed E-state index contributed by atoms with van der Waals surface area (Å²) in [6.07, 6.45) is 14.4. The lowest BCUT2D eigenvalue weighted by Crippen LogP contribution is -2.45. The van der Waals surface area contributed by atoms with Gasteiger partial charge in [0.2, 0.25) is 5.91 Å². The van der Waals surface area contributed by atoms with Crippen LogP contribution < -0.4 is 0 Å². The van der Waals surface area contributed by atoms with E-state index in [1.807, 2.05) is 0 Å². The van der Waals surface area contributed by atoms with Crippen LogP contribution in [-0.2, 0) is 4.79 Å². The molecule has 0 spiro atoms. The first-order valence-electron chi connectivity index (χ1n) is 8.41. The highest BCUT2D eigenvalue weighted by atomic mass is 16.2. The van der Waals surface area contributed by atoms with Gasteiger partial charge in [-0.25, -0.2) is 0 Å². The van der Waals surface area contributed by atoms with Gasteiger partial charge in [0.15, 0.2) is 0 Å². The zero-order valence-corrected chi connectivity index (χ0v) is 13.1. The van der Waals surface area contributed by atoms with Crippen molar-refractivity contribution in [2.75, 3.05) is 33.2 Å². The van der Waals surface area contributed by atoms with E-state index in [1.165, 1.54) is 5.57 Å². The van der Waals surface area contributed by atoms with Gasteiger partial charge in [-0.05, 0) is 70.2 Å². The smallest absolute Gasteiger partial charge is 0.225 e. The molecule has 3 nitrogen and oxygen atoms in total. The van der Waals surface area contributed by atoms with E-state index in [0.717, 1.165) is 58.3 Å². The number of nitrogens with zero attached hydrogens (tertiary/aromatic N) is 2. The molecule has 0 unspecified atom stereocenters. The Labute approximate surface area is 128 Å². The standard InChI is InChI=1S/C18H27N2O/c1-19-11-7-17(8-12-19)18(21)20-13-9-16(10-14-20)15-5-3-2-4-6-15/h3-6,16-17H,2,7-14H2,1H3. The Hall–Kier alpha value is -1.09. The molecule has 0 atom stereocenters. The van der Waals surface area contributed by atoms with Crippen LogP contribution >= 0.6 is 0 Å². The van der Waals surface area contributed by atoms with Crippen molar-refractivity contribution in [2.24, 2.45) is 11.8 Å². The van der Waals surface area contributed by atoms with E-state index < -0.39 is 0 Å². The van der Waals surface area contributed by atoms with Gasteiger partial charge in [-0.1, -0.05) is 18.2 Å². The number of allylic oxidation sites excluding steroid dienone is 4. The molecule has 2 heterocycles. The Bertz CT molecular complexity index is 424. The van der Waals surface area contributed by atoms with Crippen LogP contribution in [0.2, 0.25) is 0 Å². The number of hydrogen-bond donors (Lipinski definition) is 0. The normalized spacial score (nSPS) is 26.0. The van der Waals surface area contributed by atoms with E-state index in [0.29, 0.717) is 11.8 Å². The highest BCUT2D eigenvalue weighted by molar-refractivity contribution is 5.79. The first-order valence-corrected chi connectivity index (χ1v) is 8.41. The van der Waals surface area contributed by atoms with Crippen molar-refractivity contribution in [3.05, 3.63) is 30.2 Å². The maximum absolute atomic E-state index is 12.6. The van der Waals surface area contributed by atoms with Crippen molar-refractivity contribution < 1.29 is 4.79 Å². The predicted molar refractivity (Wildman–Crippen MR) is 85.7 cm³/mol. The summed E-state index contributed by atoms with van der Waals surface area (Å²) in [5.41, 5.74) is 1.47. The fraction of sp³-hybridized carbons (Fsp3) is 0.667. The number of piperidine rings is 2. The number of hydrogen-bond acceptors (Lipinski definition) is 2. The van der Waals surface area contributed by atoms with Gasteiger partial charge in [0.1, 0.15) is 0 Å². The molecule has 0 N–H and O–H groups in total. The largest absolute Gasteiger partial charge is 0.342 e. The molecule has 3 aliphatic rings. The van der Waals surface area contributed by atoms with Crippen molar-refractivity contribution in [3.8, 4) is 0 Å². The SMILES string of the molecule is CN1CCC(C(=O)N2CCC(C3=C[CH]CC=C3)CC2)CC1. The van der Waals surface area contributed by atoms with Crippen LogP contribution in [0, 0.1) is 18.3 Å².